The molecule has 0 nitrogen and oxygen atoms in total. The first-order valence-electron chi connectivity index (χ1n) is 13.9. The van der Waals surface area contributed by atoms with Crippen LogP contribution in [-0.2, 0) is 6.42 Å². The summed E-state index contributed by atoms with van der Waals surface area (Å²) in [4.78, 5) is 0. The molecule has 0 aliphatic heterocycles. The zero-order valence-electron chi connectivity index (χ0n) is 20.3. The Morgan fingerprint density at radius 3 is 1.77 bits per heavy atom. The molecule has 0 heterocycles. The van der Waals surface area contributed by atoms with Gasteiger partial charge >= 0.3 is 0 Å². The van der Waals surface area contributed by atoms with Gasteiger partial charge in [-0.2, -0.15) is 0 Å². The summed E-state index contributed by atoms with van der Waals surface area (Å²) in [5, 5.41) is 0. The van der Waals surface area contributed by atoms with E-state index in [1.807, 2.05) is 0 Å². The van der Waals surface area contributed by atoms with Crippen molar-refractivity contribution >= 4 is 0 Å². The normalized spacial score (nSPS) is 27.3. The van der Waals surface area contributed by atoms with Gasteiger partial charge in [-0.3, -0.25) is 0 Å². The molecule has 0 atom stereocenters. The van der Waals surface area contributed by atoms with Crippen molar-refractivity contribution in [2.24, 2.45) is 17.8 Å². The molecule has 2 aliphatic carbocycles. The molecule has 170 valence electrons. The first-order chi connectivity index (χ1) is 14.8. The SMILES string of the molecule is CCCCCCc1ccc([C@H]2CC[C@H]([C@H]3CC[C@H](CCCCCC)CC3)CC2)cc1. The van der Waals surface area contributed by atoms with Crippen LogP contribution in [0.3, 0.4) is 0 Å². The van der Waals surface area contributed by atoms with E-state index >= 15 is 0 Å². The van der Waals surface area contributed by atoms with E-state index in [1.165, 1.54) is 103 Å². The van der Waals surface area contributed by atoms with Gasteiger partial charge in [-0.05, 0) is 86.2 Å². The van der Waals surface area contributed by atoms with Gasteiger partial charge in [0.2, 0.25) is 0 Å². The number of benzene rings is 1. The fourth-order valence-electron chi connectivity index (χ4n) is 6.44. The fraction of sp³-hybridized carbons (Fsp3) is 0.800. The fourth-order valence-corrected chi connectivity index (χ4v) is 6.44. The summed E-state index contributed by atoms with van der Waals surface area (Å²) in [5.41, 5.74) is 3.18. The van der Waals surface area contributed by atoms with Gasteiger partial charge in [-0.15, -0.1) is 0 Å². The van der Waals surface area contributed by atoms with E-state index < -0.39 is 0 Å². The summed E-state index contributed by atoms with van der Waals surface area (Å²) >= 11 is 0. The average molecular weight is 411 g/mol. The van der Waals surface area contributed by atoms with E-state index in [1.54, 1.807) is 24.0 Å². The molecule has 2 fully saturated rings. The van der Waals surface area contributed by atoms with Gasteiger partial charge in [0.15, 0.2) is 0 Å². The lowest BCUT2D eigenvalue weighted by atomic mass is 9.68. The van der Waals surface area contributed by atoms with Crippen molar-refractivity contribution in [2.45, 2.75) is 135 Å². The van der Waals surface area contributed by atoms with E-state index in [9.17, 15) is 0 Å². The van der Waals surface area contributed by atoms with Crippen molar-refractivity contribution in [1.82, 2.24) is 0 Å². The summed E-state index contributed by atoms with van der Waals surface area (Å²) in [5.74, 6) is 4.00. The van der Waals surface area contributed by atoms with Crippen LogP contribution in [-0.4, -0.2) is 0 Å². The van der Waals surface area contributed by atoms with Crippen LogP contribution in [0.2, 0.25) is 0 Å². The van der Waals surface area contributed by atoms with E-state index in [-0.39, 0.29) is 0 Å². The average Bonchev–Trinajstić information content (AvgIpc) is 2.81. The van der Waals surface area contributed by atoms with Crippen LogP contribution < -0.4 is 0 Å². The van der Waals surface area contributed by atoms with E-state index in [0.717, 1.165) is 23.7 Å². The molecule has 1 aromatic rings. The first-order valence-corrected chi connectivity index (χ1v) is 13.9. The lowest BCUT2D eigenvalue weighted by Gasteiger charge is -2.38. The van der Waals surface area contributed by atoms with E-state index in [4.69, 9.17) is 0 Å². The van der Waals surface area contributed by atoms with Crippen LogP contribution in [0.15, 0.2) is 24.3 Å². The van der Waals surface area contributed by atoms with Crippen LogP contribution in [0.1, 0.15) is 140 Å². The summed E-state index contributed by atoms with van der Waals surface area (Å²) < 4.78 is 0. The second-order valence-electron chi connectivity index (χ2n) is 10.8. The van der Waals surface area contributed by atoms with Crippen LogP contribution >= 0.6 is 0 Å². The Bertz CT molecular complexity index is 540. The van der Waals surface area contributed by atoms with Crippen LogP contribution in [0.25, 0.3) is 0 Å². The Balaban J connectivity index is 1.34. The Morgan fingerprint density at radius 1 is 0.600 bits per heavy atom. The van der Waals surface area contributed by atoms with Gasteiger partial charge in [-0.25, -0.2) is 0 Å². The van der Waals surface area contributed by atoms with Gasteiger partial charge in [0.1, 0.15) is 0 Å². The van der Waals surface area contributed by atoms with Gasteiger partial charge in [0.25, 0.3) is 0 Å². The molecule has 0 spiro atoms. The molecule has 0 aromatic heterocycles. The first kappa shape index (κ1) is 23.9. The maximum absolute atomic E-state index is 2.46. The van der Waals surface area contributed by atoms with Crippen molar-refractivity contribution in [1.29, 1.82) is 0 Å². The monoisotopic (exact) mass is 410 g/mol. The maximum atomic E-state index is 2.46. The molecule has 0 amide bonds. The third kappa shape index (κ3) is 7.72. The molecule has 0 heteroatoms. The van der Waals surface area contributed by atoms with Crippen molar-refractivity contribution in [3.63, 3.8) is 0 Å². The molecule has 2 saturated carbocycles. The molecule has 0 saturated heterocycles. The Kier molecular flexibility index (Phi) is 10.8. The molecule has 0 bridgehead atoms. The van der Waals surface area contributed by atoms with Gasteiger partial charge in [-0.1, -0.05) is 102 Å². The number of aryl methyl sites for hydroxylation is 1. The standard InChI is InChI=1S/C30H50/c1-3-5-7-9-11-25-13-17-27(18-14-25)29-21-23-30(24-22-29)28-19-15-26(16-20-28)12-10-8-6-4-2/h13-14,17-18,26,28-30H,3-12,15-16,19-24H2,1-2H3/t26-,28-,29-,30-. The van der Waals surface area contributed by atoms with Crippen LogP contribution in [0.4, 0.5) is 0 Å². The molecule has 0 radical (unpaired) electrons. The molecule has 30 heavy (non-hydrogen) atoms. The third-order valence-corrected chi connectivity index (χ3v) is 8.57. The zero-order chi connectivity index (χ0) is 21.0. The highest BCUT2D eigenvalue weighted by Gasteiger charge is 2.31. The van der Waals surface area contributed by atoms with E-state index in [2.05, 4.69) is 38.1 Å². The lowest BCUT2D eigenvalue weighted by Crippen LogP contribution is -2.25. The number of hydrogen-bond acceptors (Lipinski definition) is 0. The Labute approximate surface area is 188 Å². The second-order valence-corrected chi connectivity index (χ2v) is 10.8. The molecule has 0 unspecified atom stereocenters. The summed E-state index contributed by atoms with van der Waals surface area (Å²) in [6.45, 7) is 4.62. The molecule has 1 aromatic carbocycles. The van der Waals surface area contributed by atoms with Crippen molar-refractivity contribution in [2.75, 3.05) is 0 Å². The summed E-state index contributed by atoms with van der Waals surface area (Å²) in [6, 6.07) is 9.78. The lowest BCUT2D eigenvalue weighted by molar-refractivity contribution is 0.155. The minimum atomic E-state index is 0.838. The van der Waals surface area contributed by atoms with Gasteiger partial charge in [0.05, 0.1) is 0 Å². The van der Waals surface area contributed by atoms with Crippen LogP contribution in [0, 0.1) is 17.8 Å². The van der Waals surface area contributed by atoms with Gasteiger partial charge in [0, 0.05) is 0 Å². The highest BCUT2D eigenvalue weighted by molar-refractivity contribution is 5.26. The molecular formula is C30H50. The predicted molar refractivity (Wildman–Crippen MR) is 133 cm³/mol. The summed E-state index contributed by atoms with van der Waals surface area (Å²) in [6.07, 6.45) is 26.1. The highest BCUT2D eigenvalue weighted by Crippen LogP contribution is 2.44. The third-order valence-electron chi connectivity index (χ3n) is 8.57. The van der Waals surface area contributed by atoms with Crippen LogP contribution in [0.5, 0.6) is 0 Å². The predicted octanol–water partition coefficient (Wildman–Crippen LogP) is 9.86. The molecule has 0 N–H and O–H groups in total. The van der Waals surface area contributed by atoms with Crippen molar-refractivity contribution < 1.29 is 0 Å². The van der Waals surface area contributed by atoms with E-state index in [0.29, 0.717) is 0 Å². The van der Waals surface area contributed by atoms with Crippen molar-refractivity contribution in [3.8, 4) is 0 Å². The summed E-state index contributed by atoms with van der Waals surface area (Å²) in [7, 11) is 0. The minimum Gasteiger partial charge on any atom is -0.0654 e. The molecule has 2 aliphatic rings. The largest absolute Gasteiger partial charge is 0.0654 e. The van der Waals surface area contributed by atoms with Gasteiger partial charge < -0.3 is 0 Å². The number of hydrogen-bond donors (Lipinski definition) is 0. The minimum absolute atomic E-state index is 0.838. The molecule has 3 rings (SSSR count). The second kappa shape index (κ2) is 13.6. The Hall–Kier alpha value is -0.780. The number of rotatable bonds is 12. The Morgan fingerprint density at radius 2 is 1.17 bits per heavy atom. The van der Waals surface area contributed by atoms with Crippen molar-refractivity contribution in [3.05, 3.63) is 35.4 Å². The zero-order valence-corrected chi connectivity index (χ0v) is 20.3. The highest BCUT2D eigenvalue weighted by atomic mass is 14.4. The topological polar surface area (TPSA) is 0 Å². The quantitative estimate of drug-likeness (QED) is 0.301. The smallest absolute Gasteiger partial charge is 0.0162 e. The molecular weight excluding hydrogens is 360 g/mol. The number of unbranched alkanes of at least 4 members (excludes halogenated alkanes) is 6. The maximum Gasteiger partial charge on any atom is -0.0162 e.